The Morgan fingerprint density at radius 1 is 0.826 bits per heavy atom. The third kappa shape index (κ3) is 3.43. The first kappa shape index (κ1) is 14.9. The molecule has 0 unspecified atom stereocenters. The lowest BCUT2D eigenvalue weighted by molar-refractivity contribution is 0.262. The van der Waals surface area contributed by atoms with Crippen LogP contribution < -0.4 is 10.6 Å². The van der Waals surface area contributed by atoms with Gasteiger partial charge in [-0.25, -0.2) is 4.79 Å². The number of urea groups is 1. The van der Waals surface area contributed by atoms with Crippen LogP contribution in [0.15, 0.2) is 67.0 Å². The monoisotopic (exact) mass is 305 g/mol. The number of hydrogen-bond acceptors (Lipinski definition) is 1. The Bertz CT molecular complexity index is 785. The van der Waals surface area contributed by atoms with Gasteiger partial charge in [0.2, 0.25) is 0 Å². The van der Waals surface area contributed by atoms with Crippen molar-refractivity contribution in [2.75, 3.05) is 10.6 Å². The summed E-state index contributed by atoms with van der Waals surface area (Å²) < 4.78 is 2.01. The van der Waals surface area contributed by atoms with Crippen molar-refractivity contribution in [1.82, 2.24) is 4.57 Å². The number of aromatic nitrogens is 1. The molecule has 0 aliphatic heterocycles. The maximum absolute atomic E-state index is 12.2. The minimum Gasteiger partial charge on any atom is -0.324 e. The fourth-order valence-electron chi connectivity index (χ4n) is 2.51. The first-order chi connectivity index (χ1) is 11.1. The number of anilines is 2. The lowest BCUT2D eigenvalue weighted by Crippen LogP contribution is -2.20. The van der Waals surface area contributed by atoms with Gasteiger partial charge in [0.25, 0.3) is 0 Å². The molecule has 0 bridgehead atoms. The van der Waals surface area contributed by atoms with Gasteiger partial charge < -0.3 is 15.2 Å². The van der Waals surface area contributed by atoms with Crippen LogP contribution in [0.3, 0.4) is 0 Å². The third-order valence-corrected chi connectivity index (χ3v) is 3.75. The van der Waals surface area contributed by atoms with Crippen molar-refractivity contribution in [3.63, 3.8) is 0 Å². The fraction of sp³-hybridized carbons (Fsp3) is 0.105. The number of carbonyl (C=O) groups is 1. The largest absolute Gasteiger partial charge is 0.324 e. The molecule has 3 rings (SSSR count). The highest BCUT2D eigenvalue weighted by Gasteiger charge is 2.07. The van der Waals surface area contributed by atoms with E-state index in [0.29, 0.717) is 0 Å². The average molecular weight is 305 g/mol. The van der Waals surface area contributed by atoms with Crippen LogP contribution in [0.1, 0.15) is 11.1 Å². The van der Waals surface area contributed by atoms with Gasteiger partial charge in [-0.3, -0.25) is 0 Å². The van der Waals surface area contributed by atoms with E-state index in [4.69, 9.17) is 0 Å². The van der Waals surface area contributed by atoms with Crippen LogP contribution in [-0.2, 0) is 0 Å². The molecule has 2 aromatic carbocycles. The Balaban J connectivity index is 1.68. The van der Waals surface area contributed by atoms with E-state index in [1.807, 2.05) is 85.4 Å². The summed E-state index contributed by atoms with van der Waals surface area (Å²) in [4.78, 5) is 12.2. The molecule has 23 heavy (non-hydrogen) atoms. The summed E-state index contributed by atoms with van der Waals surface area (Å²) in [6.45, 7) is 3.96. The predicted molar refractivity (Wildman–Crippen MR) is 94.3 cm³/mol. The topological polar surface area (TPSA) is 46.1 Å². The van der Waals surface area contributed by atoms with E-state index in [1.54, 1.807) is 0 Å². The minimum absolute atomic E-state index is 0.240. The van der Waals surface area contributed by atoms with E-state index in [0.717, 1.165) is 28.2 Å². The Kier molecular flexibility index (Phi) is 4.15. The van der Waals surface area contributed by atoms with E-state index in [9.17, 15) is 4.79 Å². The predicted octanol–water partition coefficient (Wildman–Crippen LogP) is 4.74. The molecule has 2 N–H and O–H groups in total. The SMILES string of the molecule is Cc1cccc(C)c1NC(=O)Nc1ccc(-n2cccc2)cc1. The molecule has 0 aliphatic rings. The molecule has 0 fully saturated rings. The molecule has 4 heteroatoms. The third-order valence-electron chi connectivity index (χ3n) is 3.75. The van der Waals surface area contributed by atoms with E-state index in [1.165, 1.54) is 0 Å². The average Bonchev–Trinajstić information content (AvgIpc) is 3.06. The van der Waals surface area contributed by atoms with Crippen LogP contribution in [0.5, 0.6) is 0 Å². The lowest BCUT2D eigenvalue weighted by atomic mass is 10.1. The van der Waals surface area contributed by atoms with Gasteiger partial charge in [0.15, 0.2) is 0 Å². The Hall–Kier alpha value is -3.01. The Morgan fingerprint density at radius 2 is 1.43 bits per heavy atom. The van der Waals surface area contributed by atoms with Gasteiger partial charge in [0, 0.05) is 29.5 Å². The summed E-state index contributed by atoms with van der Waals surface area (Å²) in [6.07, 6.45) is 3.96. The van der Waals surface area contributed by atoms with Gasteiger partial charge in [0.05, 0.1) is 0 Å². The maximum atomic E-state index is 12.2. The molecule has 0 atom stereocenters. The van der Waals surface area contributed by atoms with Gasteiger partial charge in [-0.1, -0.05) is 18.2 Å². The van der Waals surface area contributed by atoms with Gasteiger partial charge >= 0.3 is 6.03 Å². The molecule has 1 aromatic heterocycles. The number of amides is 2. The summed E-state index contributed by atoms with van der Waals surface area (Å²) in [5.41, 5.74) is 4.75. The second-order valence-corrected chi connectivity index (χ2v) is 5.48. The zero-order valence-electron chi connectivity index (χ0n) is 13.2. The summed E-state index contributed by atoms with van der Waals surface area (Å²) in [5.74, 6) is 0. The molecule has 116 valence electrons. The minimum atomic E-state index is -0.240. The van der Waals surface area contributed by atoms with Crippen LogP contribution in [0, 0.1) is 13.8 Å². The number of aryl methyl sites for hydroxylation is 2. The highest BCUT2D eigenvalue weighted by molar-refractivity contribution is 6.00. The number of nitrogens with one attached hydrogen (secondary N) is 2. The lowest BCUT2D eigenvalue weighted by Gasteiger charge is -2.12. The van der Waals surface area contributed by atoms with Crippen molar-refractivity contribution in [1.29, 1.82) is 0 Å². The molecule has 1 heterocycles. The molecule has 2 amide bonds. The number of carbonyl (C=O) groups excluding carboxylic acids is 1. The maximum Gasteiger partial charge on any atom is 0.323 e. The number of hydrogen-bond donors (Lipinski definition) is 2. The molecule has 0 aliphatic carbocycles. The zero-order valence-corrected chi connectivity index (χ0v) is 13.2. The summed E-state index contributed by atoms with van der Waals surface area (Å²) in [5, 5.41) is 5.77. The molecular weight excluding hydrogens is 286 g/mol. The van der Waals surface area contributed by atoms with Gasteiger partial charge in [-0.2, -0.15) is 0 Å². The summed E-state index contributed by atoms with van der Waals surface area (Å²) in [6, 6.07) is 17.4. The standard InChI is InChI=1S/C19H19N3O/c1-14-6-5-7-15(2)18(14)21-19(23)20-16-8-10-17(11-9-16)22-12-3-4-13-22/h3-13H,1-2H3,(H2,20,21,23). The fourth-order valence-corrected chi connectivity index (χ4v) is 2.51. The normalized spacial score (nSPS) is 10.3. The molecule has 3 aromatic rings. The van der Waals surface area contributed by atoms with Crippen LogP contribution in [0.2, 0.25) is 0 Å². The number of rotatable bonds is 3. The van der Waals surface area contributed by atoms with Gasteiger partial charge in [-0.15, -0.1) is 0 Å². The van der Waals surface area contributed by atoms with E-state index >= 15 is 0 Å². The highest BCUT2D eigenvalue weighted by atomic mass is 16.2. The molecule has 0 spiro atoms. The van der Waals surface area contributed by atoms with Crippen molar-refractivity contribution in [3.05, 3.63) is 78.1 Å². The molecule has 4 nitrogen and oxygen atoms in total. The van der Waals surface area contributed by atoms with Crippen molar-refractivity contribution in [2.24, 2.45) is 0 Å². The van der Waals surface area contributed by atoms with Crippen LogP contribution >= 0.6 is 0 Å². The first-order valence-corrected chi connectivity index (χ1v) is 7.51. The van der Waals surface area contributed by atoms with Crippen molar-refractivity contribution >= 4 is 17.4 Å². The van der Waals surface area contributed by atoms with Crippen LogP contribution in [0.25, 0.3) is 5.69 Å². The first-order valence-electron chi connectivity index (χ1n) is 7.51. The molecule has 0 radical (unpaired) electrons. The smallest absolute Gasteiger partial charge is 0.323 e. The second kappa shape index (κ2) is 6.40. The quantitative estimate of drug-likeness (QED) is 0.721. The highest BCUT2D eigenvalue weighted by Crippen LogP contribution is 2.20. The summed E-state index contributed by atoms with van der Waals surface area (Å²) in [7, 11) is 0. The summed E-state index contributed by atoms with van der Waals surface area (Å²) >= 11 is 0. The molecule has 0 saturated heterocycles. The zero-order chi connectivity index (χ0) is 16.2. The van der Waals surface area contributed by atoms with Crippen molar-refractivity contribution in [2.45, 2.75) is 13.8 Å². The van der Waals surface area contributed by atoms with E-state index in [-0.39, 0.29) is 6.03 Å². The van der Waals surface area contributed by atoms with Crippen LogP contribution in [0.4, 0.5) is 16.2 Å². The van der Waals surface area contributed by atoms with Crippen molar-refractivity contribution in [3.8, 4) is 5.69 Å². The van der Waals surface area contributed by atoms with Gasteiger partial charge in [0.1, 0.15) is 0 Å². The van der Waals surface area contributed by atoms with Crippen molar-refractivity contribution < 1.29 is 4.79 Å². The number of benzene rings is 2. The van der Waals surface area contributed by atoms with Crippen LogP contribution in [-0.4, -0.2) is 10.6 Å². The second-order valence-electron chi connectivity index (χ2n) is 5.48. The Morgan fingerprint density at radius 3 is 2.04 bits per heavy atom. The van der Waals surface area contributed by atoms with E-state index < -0.39 is 0 Å². The molecular formula is C19H19N3O. The molecule has 0 saturated carbocycles. The van der Waals surface area contributed by atoms with Gasteiger partial charge in [-0.05, 0) is 61.4 Å². The number of nitrogens with zero attached hydrogens (tertiary/aromatic N) is 1. The Labute approximate surface area is 135 Å². The van der Waals surface area contributed by atoms with E-state index in [2.05, 4.69) is 10.6 Å². The number of para-hydroxylation sites is 1.